The Hall–Kier alpha value is -1.42. The van der Waals surface area contributed by atoms with Gasteiger partial charge in [-0.1, -0.05) is 0 Å². The van der Waals surface area contributed by atoms with Gasteiger partial charge >= 0.3 is 0 Å². The molecule has 1 N–H and O–H groups in total. The zero-order valence-electron chi connectivity index (χ0n) is 8.64. The first-order valence-corrected chi connectivity index (χ1v) is 4.99. The number of carbonyl (C=O) groups is 1. The second-order valence-electron chi connectivity index (χ2n) is 3.70. The molecule has 15 heavy (non-hydrogen) atoms. The minimum Gasteiger partial charge on any atom is -0.364 e. The maximum absolute atomic E-state index is 11.5. The van der Waals surface area contributed by atoms with Gasteiger partial charge < -0.3 is 10.1 Å². The minimum atomic E-state index is 0.0821. The zero-order chi connectivity index (χ0) is 10.7. The molecule has 4 nitrogen and oxygen atoms in total. The maximum Gasteiger partial charge on any atom is 0.225 e. The molecule has 1 fully saturated rings. The monoisotopic (exact) mass is 206 g/mol. The lowest BCUT2D eigenvalue weighted by Gasteiger charge is -2.02. The first-order chi connectivity index (χ1) is 7.33. The number of ether oxygens (including phenoxy) is 1. The van der Waals surface area contributed by atoms with Gasteiger partial charge in [0.1, 0.15) is 6.73 Å². The third-order valence-electron chi connectivity index (χ3n) is 2.65. The molecule has 1 aromatic heterocycles. The molecule has 1 saturated carbocycles. The number of amides is 1. The van der Waals surface area contributed by atoms with Crippen molar-refractivity contribution in [1.82, 2.24) is 10.3 Å². The van der Waals surface area contributed by atoms with Gasteiger partial charge in [-0.3, -0.25) is 9.78 Å². The van der Waals surface area contributed by atoms with E-state index in [0.29, 0.717) is 12.6 Å². The quantitative estimate of drug-likeness (QED) is 0.745. The molecular formula is C11H14N2O2. The lowest BCUT2D eigenvalue weighted by molar-refractivity contribution is -0.123. The number of pyridine rings is 1. The van der Waals surface area contributed by atoms with Crippen molar-refractivity contribution in [2.45, 2.75) is 12.3 Å². The van der Waals surface area contributed by atoms with Crippen LogP contribution >= 0.6 is 0 Å². The van der Waals surface area contributed by atoms with Crippen molar-refractivity contribution in [3.8, 4) is 0 Å². The second kappa shape index (κ2) is 4.40. The Morgan fingerprint density at radius 2 is 2.33 bits per heavy atom. The van der Waals surface area contributed by atoms with E-state index in [2.05, 4.69) is 10.3 Å². The van der Waals surface area contributed by atoms with Crippen LogP contribution in [0, 0.1) is 5.92 Å². The van der Waals surface area contributed by atoms with Crippen molar-refractivity contribution in [2.24, 2.45) is 5.92 Å². The molecule has 0 radical (unpaired) electrons. The summed E-state index contributed by atoms with van der Waals surface area (Å²) in [5, 5.41) is 2.72. The zero-order valence-corrected chi connectivity index (χ0v) is 8.64. The smallest absolute Gasteiger partial charge is 0.225 e. The lowest BCUT2D eigenvalue weighted by atomic mass is 10.1. The first-order valence-electron chi connectivity index (χ1n) is 4.99. The number of hydrogen-bond donors (Lipinski definition) is 1. The van der Waals surface area contributed by atoms with Crippen LogP contribution in [0.3, 0.4) is 0 Å². The van der Waals surface area contributed by atoms with E-state index in [0.717, 1.165) is 6.42 Å². The number of hydrogen-bond acceptors (Lipinski definition) is 3. The third-order valence-corrected chi connectivity index (χ3v) is 2.65. The van der Waals surface area contributed by atoms with Crippen molar-refractivity contribution in [3.05, 3.63) is 30.1 Å². The fourth-order valence-corrected chi connectivity index (χ4v) is 1.74. The summed E-state index contributed by atoms with van der Waals surface area (Å²) in [7, 11) is 1.56. The molecule has 0 aromatic carbocycles. The topological polar surface area (TPSA) is 51.2 Å². The SMILES string of the molecule is COCNC(=O)C1CC1c1ccncc1. The predicted octanol–water partition coefficient (Wildman–Crippen LogP) is 0.905. The maximum atomic E-state index is 11.5. The molecule has 1 heterocycles. The van der Waals surface area contributed by atoms with Gasteiger partial charge in [0.25, 0.3) is 0 Å². The van der Waals surface area contributed by atoms with Gasteiger partial charge in [0.05, 0.1) is 0 Å². The van der Waals surface area contributed by atoms with Crippen LogP contribution in [0.4, 0.5) is 0 Å². The molecule has 2 unspecified atom stereocenters. The highest BCUT2D eigenvalue weighted by atomic mass is 16.5. The average Bonchev–Trinajstić information content (AvgIpc) is 3.07. The molecule has 2 rings (SSSR count). The molecule has 0 spiro atoms. The van der Waals surface area contributed by atoms with Gasteiger partial charge in [0.2, 0.25) is 5.91 Å². The van der Waals surface area contributed by atoms with Crippen LogP contribution in [-0.4, -0.2) is 24.7 Å². The van der Waals surface area contributed by atoms with Gasteiger partial charge in [0, 0.05) is 25.4 Å². The molecule has 1 amide bonds. The number of nitrogens with zero attached hydrogens (tertiary/aromatic N) is 1. The van der Waals surface area contributed by atoms with E-state index in [1.807, 2.05) is 12.1 Å². The first kappa shape index (κ1) is 10.1. The van der Waals surface area contributed by atoms with Gasteiger partial charge in [-0.2, -0.15) is 0 Å². The van der Waals surface area contributed by atoms with E-state index < -0.39 is 0 Å². The Kier molecular flexibility index (Phi) is 2.97. The van der Waals surface area contributed by atoms with Crippen molar-refractivity contribution >= 4 is 5.91 Å². The van der Waals surface area contributed by atoms with Gasteiger partial charge in [-0.05, 0) is 30.0 Å². The van der Waals surface area contributed by atoms with Gasteiger partial charge in [0.15, 0.2) is 0 Å². The summed E-state index contributed by atoms with van der Waals surface area (Å²) in [5.41, 5.74) is 1.20. The van der Waals surface area contributed by atoms with Crippen LogP contribution in [0.1, 0.15) is 17.9 Å². The van der Waals surface area contributed by atoms with Crippen LogP contribution in [0.25, 0.3) is 0 Å². The Bertz CT molecular complexity index is 340. The summed E-state index contributed by atoms with van der Waals surface area (Å²) < 4.78 is 4.79. The van der Waals surface area contributed by atoms with Crippen LogP contribution in [-0.2, 0) is 9.53 Å². The molecule has 4 heteroatoms. The minimum absolute atomic E-state index is 0.0821. The normalized spacial score (nSPS) is 23.5. The van der Waals surface area contributed by atoms with E-state index in [-0.39, 0.29) is 11.8 Å². The highest BCUT2D eigenvalue weighted by Crippen LogP contribution is 2.47. The van der Waals surface area contributed by atoms with Crippen LogP contribution < -0.4 is 5.32 Å². The second-order valence-corrected chi connectivity index (χ2v) is 3.70. The van der Waals surface area contributed by atoms with Gasteiger partial charge in [-0.25, -0.2) is 0 Å². The van der Waals surface area contributed by atoms with E-state index in [9.17, 15) is 4.79 Å². The van der Waals surface area contributed by atoms with Gasteiger partial charge in [-0.15, -0.1) is 0 Å². The summed E-state index contributed by atoms with van der Waals surface area (Å²) >= 11 is 0. The molecule has 2 atom stereocenters. The van der Waals surface area contributed by atoms with Crippen molar-refractivity contribution in [1.29, 1.82) is 0 Å². The van der Waals surface area contributed by atoms with Crippen molar-refractivity contribution in [2.75, 3.05) is 13.8 Å². The van der Waals surface area contributed by atoms with E-state index in [1.165, 1.54) is 5.56 Å². The molecule has 1 aliphatic carbocycles. The number of nitrogens with one attached hydrogen (secondary N) is 1. The Morgan fingerprint density at radius 1 is 1.60 bits per heavy atom. The molecule has 80 valence electrons. The summed E-state index contributed by atoms with van der Waals surface area (Å²) in [6.45, 7) is 0.290. The molecule has 1 aliphatic rings. The largest absolute Gasteiger partial charge is 0.364 e. The summed E-state index contributed by atoms with van der Waals surface area (Å²) in [5.74, 6) is 0.561. The molecule has 0 saturated heterocycles. The fourth-order valence-electron chi connectivity index (χ4n) is 1.74. The number of methoxy groups -OCH3 is 1. The van der Waals surface area contributed by atoms with E-state index >= 15 is 0 Å². The molecule has 0 aliphatic heterocycles. The summed E-state index contributed by atoms with van der Waals surface area (Å²) in [6.07, 6.45) is 4.45. The Labute approximate surface area is 88.7 Å². The number of aromatic nitrogens is 1. The van der Waals surface area contributed by atoms with Crippen LogP contribution in [0.15, 0.2) is 24.5 Å². The Balaban J connectivity index is 1.88. The standard InChI is InChI=1S/C11H14N2O2/c1-15-7-13-11(14)10-6-9(10)8-2-4-12-5-3-8/h2-5,9-10H,6-7H2,1H3,(H,13,14). The molecular weight excluding hydrogens is 192 g/mol. The number of carbonyl (C=O) groups excluding carboxylic acids is 1. The average molecular weight is 206 g/mol. The predicted molar refractivity (Wildman–Crippen MR) is 55.1 cm³/mol. The Morgan fingerprint density at radius 3 is 3.00 bits per heavy atom. The van der Waals surface area contributed by atoms with E-state index in [4.69, 9.17) is 4.74 Å². The fraction of sp³-hybridized carbons (Fsp3) is 0.455. The summed E-state index contributed by atoms with van der Waals surface area (Å²) in [4.78, 5) is 15.5. The van der Waals surface area contributed by atoms with Crippen LogP contribution in [0.5, 0.6) is 0 Å². The third kappa shape index (κ3) is 2.33. The van der Waals surface area contributed by atoms with Crippen molar-refractivity contribution < 1.29 is 9.53 Å². The highest BCUT2D eigenvalue weighted by Gasteiger charge is 2.43. The van der Waals surface area contributed by atoms with Crippen molar-refractivity contribution in [3.63, 3.8) is 0 Å². The summed E-state index contributed by atoms with van der Waals surface area (Å²) in [6, 6.07) is 3.93. The molecule has 0 bridgehead atoms. The highest BCUT2D eigenvalue weighted by molar-refractivity contribution is 5.82. The van der Waals surface area contributed by atoms with E-state index in [1.54, 1.807) is 19.5 Å². The molecule has 1 aromatic rings. The number of rotatable bonds is 4. The van der Waals surface area contributed by atoms with Crippen LogP contribution in [0.2, 0.25) is 0 Å². The lowest BCUT2D eigenvalue weighted by Crippen LogP contribution is -2.27.